The molecule has 11 heteroatoms. The maximum atomic E-state index is 5.32. The second kappa shape index (κ2) is 19.2. The van der Waals surface area contributed by atoms with E-state index in [1.807, 2.05) is 60.7 Å². The summed E-state index contributed by atoms with van der Waals surface area (Å²) < 4.78 is 5.30. The predicted molar refractivity (Wildman–Crippen MR) is 345 cm³/mol. The van der Waals surface area contributed by atoms with E-state index < -0.39 is 20.9 Å². The number of benzene rings is 11. The molecule has 12 aromatic rings. The van der Waals surface area contributed by atoms with Crippen LogP contribution in [0.25, 0.3) is 60.9 Å². The Labute approximate surface area is 489 Å². The van der Waals surface area contributed by atoms with E-state index in [-0.39, 0.29) is 6.71 Å². The Morgan fingerprint density at radius 1 is 0.325 bits per heavy atom. The number of amidine groups is 3. The minimum absolute atomic E-state index is 0.156. The van der Waals surface area contributed by atoms with Crippen LogP contribution in [0.5, 0.6) is 0 Å². The molecular formula is C72H44BN9Te. The molecule has 0 radical (unpaired) electrons. The first-order valence-electron chi connectivity index (χ1n) is 27.8. The molecule has 6 heterocycles. The van der Waals surface area contributed by atoms with Crippen molar-refractivity contribution in [3.63, 3.8) is 0 Å². The number of para-hydroxylation sites is 2. The van der Waals surface area contributed by atoms with Crippen molar-refractivity contribution in [1.82, 2.24) is 9.47 Å². The summed E-state index contributed by atoms with van der Waals surface area (Å²) in [5.74, 6) is 2.77. The first kappa shape index (κ1) is 47.5. The van der Waals surface area contributed by atoms with Gasteiger partial charge in [-0.3, -0.25) is 0 Å². The molecule has 0 amide bonds. The van der Waals surface area contributed by atoms with Gasteiger partial charge < -0.3 is 0 Å². The SMILES string of the molecule is c1ccc(C2=NC3=NC(c4ccccc4)=NC4=NC(c5ccc6c(c5)B5c7ccc(-n8c9ccccc9c9ccccc98)cc7[Te]c7c5c(cc(-c5ccccc5)c7-c5ccccc5)N6c5ccc(-c6ccccc6)cc5)=NC(=N2)N34)cc1. The molecule has 0 fully saturated rings. The van der Waals surface area contributed by atoms with Crippen LogP contribution < -0.4 is 28.5 Å². The Morgan fingerprint density at radius 2 is 0.795 bits per heavy atom. The Hall–Kier alpha value is -10.3. The van der Waals surface area contributed by atoms with Crippen LogP contribution >= 0.6 is 0 Å². The fourth-order valence-electron chi connectivity index (χ4n) is 12.6. The number of guanidine groups is 3. The van der Waals surface area contributed by atoms with Gasteiger partial charge in [-0.1, -0.05) is 60.7 Å². The van der Waals surface area contributed by atoms with E-state index in [2.05, 4.69) is 216 Å². The van der Waals surface area contributed by atoms with E-state index in [9.17, 15) is 0 Å². The van der Waals surface area contributed by atoms with Crippen LogP contribution in [-0.4, -0.2) is 72.5 Å². The molecule has 17 rings (SSSR count). The Bertz CT molecular complexity index is 4770. The third-order valence-electron chi connectivity index (χ3n) is 16.3. The average molecular weight is 1170 g/mol. The molecule has 11 aromatic carbocycles. The van der Waals surface area contributed by atoms with Crippen LogP contribution in [-0.2, 0) is 0 Å². The maximum absolute atomic E-state index is 5.32. The first-order chi connectivity index (χ1) is 41.1. The topological polar surface area (TPSA) is 85.6 Å². The van der Waals surface area contributed by atoms with E-state index in [1.165, 1.54) is 73.5 Å². The van der Waals surface area contributed by atoms with Crippen LogP contribution in [0.15, 0.2) is 297 Å². The van der Waals surface area contributed by atoms with Gasteiger partial charge in [-0.05, 0) is 0 Å². The van der Waals surface area contributed by atoms with E-state index >= 15 is 0 Å². The second-order valence-electron chi connectivity index (χ2n) is 21.1. The van der Waals surface area contributed by atoms with Gasteiger partial charge in [0.2, 0.25) is 0 Å². The molecule has 0 saturated heterocycles. The number of anilines is 3. The summed E-state index contributed by atoms with van der Waals surface area (Å²) in [6, 6.07) is 96.0. The van der Waals surface area contributed by atoms with Crippen molar-refractivity contribution in [2.45, 2.75) is 0 Å². The van der Waals surface area contributed by atoms with Crippen molar-refractivity contribution in [2.24, 2.45) is 30.0 Å². The smallest absolute Gasteiger partial charge is 0.0512 e. The number of hydrogen-bond acceptors (Lipinski definition) is 8. The molecule has 386 valence electrons. The fourth-order valence-corrected chi connectivity index (χ4v) is 16.5. The van der Waals surface area contributed by atoms with Crippen LogP contribution in [0.2, 0.25) is 0 Å². The Balaban J connectivity index is 0.924. The minimum atomic E-state index is -1.10. The Morgan fingerprint density at radius 3 is 1.37 bits per heavy atom. The number of aliphatic imine (C=N–C) groups is 6. The molecule has 0 unspecified atom stereocenters. The number of hydrogen-bond donors (Lipinski definition) is 0. The van der Waals surface area contributed by atoms with Crippen LogP contribution in [0.3, 0.4) is 0 Å². The molecule has 0 aliphatic carbocycles. The monoisotopic (exact) mass is 1180 g/mol. The van der Waals surface area contributed by atoms with Gasteiger partial charge in [-0.2, -0.15) is 0 Å². The molecule has 0 spiro atoms. The van der Waals surface area contributed by atoms with Gasteiger partial charge >= 0.3 is 432 Å². The summed E-state index contributed by atoms with van der Waals surface area (Å²) in [6.07, 6.45) is 0. The van der Waals surface area contributed by atoms with Crippen molar-refractivity contribution >= 4 is 126 Å². The normalized spacial score (nSPS) is 14.6. The zero-order valence-electron chi connectivity index (χ0n) is 44.4. The summed E-state index contributed by atoms with van der Waals surface area (Å²) in [5, 5.41) is 2.49. The zero-order valence-corrected chi connectivity index (χ0v) is 46.7. The van der Waals surface area contributed by atoms with Crippen molar-refractivity contribution < 1.29 is 0 Å². The molecular weight excluding hydrogens is 1130 g/mol. The van der Waals surface area contributed by atoms with Crippen molar-refractivity contribution in [1.29, 1.82) is 0 Å². The van der Waals surface area contributed by atoms with Crippen molar-refractivity contribution in [2.75, 3.05) is 4.90 Å². The largest absolute Gasteiger partial charge is 0.0615 e. The molecule has 1 aromatic heterocycles. The quantitative estimate of drug-likeness (QED) is 0.142. The summed E-state index contributed by atoms with van der Waals surface area (Å²) in [6.45, 7) is -0.156. The molecule has 83 heavy (non-hydrogen) atoms. The molecule has 0 bridgehead atoms. The van der Waals surface area contributed by atoms with E-state index in [4.69, 9.17) is 30.0 Å². The van der Waals surface area contributed by atoms with E-state index in [0.29, 0.717) is 35.4 Å². The average Bonchev–Trinajstić information content (AvgIpc) is 2.10. The van der Waals surface area contributed by atoms with Crippen LogP contribution in [0.1, 0.15) is 16.7 Å². The van der Waals surface area contributed by atoms with Gasteiger partial charge in [0.15, 0.2) is 0 Å². The molecule has 0 atom stereocenters. The maximum Gasteiger partial charge on any atom is -0.0512 e. The van der Waals surface area contributed by atoms with Crippen molar-refractivity contribution in [3.05, 3.63) is 284 Å². The second-order valence-corrected chi connectivity index (χ2v) is 24.1. The van der Waals surface area contributed by atoms with Gasteiger partial charge in [0.1, 0.15) is 0 Å². The number of rotatable bonds is 8. The number of nitrogens with zero attached hydrogens (tertiary/aromatic N) is 9. The molecule has 5 aliphatic heterocycles. The third kappa shape index (κ3) is 7.77. The van der Waals surface area contributed by atoms with Crippen LogP contribution in [0, 0.1) is 0 Å². The van der Waals surface area contributed by atoms with Crippen molar-refractivity contribution in [3.8, 4) is 39.1 Å². The van der Waals surface area contributed by atoms with Gasteiger partial charge in [-0.15, -0.1) is 0 Å². The van der Waals surface area contributed by atoms with Gasteiger partial charge in [0.25, 0.3) is 0 Å². The first-order valence-corrected chi connectivity index (χ1v) is 30.1. The fraction of sp³-hybridized carbons (Fsp3) is 0. The zero-order chi connectivity index (χ0) is 54.5. The molecule has 0 N–H and O–H groups in total. The predicted octanol–water partition coefficient (Wildman–Crippen LogP) is 12.1. The van der Waals surface area contributed by atoms with Gasteiger partial charge in [-0.25, -0.2) is 0 Å². The summed E-state index contributed by atoms with van der Waals surface area (Å²) in [4.78, 5) is 35.1. The van der Waals surface area contributed by atoms with Crippen LogP contribution in [0.4, 0.5) is 17.1 Å². The standard InChI is InChI=1S/C72H44BN9Te/c1-6-20-45(21-7-1)46-34-37-52(38-35-46)80-61-41-36-51(69-78-71-76-67(49-26-12-4-13-27-49)74-70-75-68(50-28-14-5-15-29-50)77-72(79-69)82(70)71)42-58(61)73-57-40-39-53(81-59-32-18-16-30-54(59)55-31-17-19-33-60(55)81)43-63(57)83-66-64(48-24-10-3-11-25-48)56(44-62(80)65(66)73)47-22-8-2-9-23-47/h1-44H. The third-order valence-corrected chi connectivity index (χ3v) is 19.7. The molecule has 0 saturated carbocycles. The molecule has 5 aliphatic rings. The number of aromatic nitrogens is 1. The summed E-state index contributed by atoms with van der Waals surface area (Å²) >= 11 is -1.10. The Kier molecular flexibility index (Phi) is 11.0. The molecule has 9 nitrogen and oxygen atoms in total. The number of fused-ring (bicyclic) bond motifs is 7. The van der Waals surface area contributed by atoms with E-state index in [0.717, 1.165) is 44.8 Å². The minimum Gasteiger partial charge on any atom is -0.0615 e. The van der Waals surface area contributed by atoms with Gasteiger partial charge in [0, 0.05) is 0 Å². The van der Waals surface area contributed by atoms with Gasteiger partial charge in [0.05, 0.1) is 0 Å². The summed E-state index contributed by atoms with van der Waals surface area (Å²) in [7, 11) is 0. The summed E-state index contributed by atoms with van der Waals surface area (Å²) in [5.41, 5.74) is 20.5. The van der Waals surface area contributed by atoms with E-state index in [1.54, 1.807) is 4.90 Å².